The normalized spacial score (nSPS) is 21.1. The molecule has 0 heterocycles. The van der Waals surface area contributed by atoms with Crippen LogP contribution in [-0.2, 0) is 11.2 Å². The van der Waals surface area contributed by atoms with Crippen LogP contribution in [0.2, 0.25) is 0 Å². The average Bonchev–Trinajstić information content (AvgIpc) is 2.63. The maximum atomic E-state index is 12.7. The predicted octanol–water partition coefficient (Wildman–Crippen LogP) is 5.12. The Morgan fingerprint density at radius 3 is 2.54 bits per heavy atom. The number of esters is 1. The van der Waals surface area contributed by atoms with Crippen LogP contribution in [0.5, 0.6) is 0 Å². The van der Waals surface area contributed by atoms with Gasteiger partial charge in [0.05, 0.1) is 5.56 Å². The zero-order valence-corrected chi connectivity index (χ0v) is 14.1. The van der Waals surface area contributed by atoms with Crippen molar-refractivity contribution < 1.29 is 13.9 Å². The number of hydrogen-bond acceptors (Lipinski definition) is 3. The van der Waals surface area contributed by atoms with E-state index in [2.05, 4.69) is 6.92 Å². The molecule has 0 spiro atoms. The highest BCUT2D eigenvalue weighted by molar-refractivity contribution is 5.89. The summed E-state index contributed by atoms with van der Waals surface area (Å²) >= 11 is 0. The monoisotopic (exact) mass is 329 g/mol. The van der Waals surface area contributed by atoms with Gasteiger partial charge >= 0.3 is 5.97 Å². The van der Waals surface area contributed by atoms with Crippen LogP contribution in [-0.4, -0.2) is 12.1 Å². The standard InChI is InChI=1S/C20H24FNO2/c1-2-15-6-10-17(11-7-15)20(23)24-19-12-8-16(9-13-19)4-3-5-18(21)14-22/h5-7,10-11,16,19H,2-4,8-9,12-13H2,1H3/b18-5-. The van der Waals surface area contributed by atoms with Gasteiger partial charge in [-0.2, -0.15) is 9.65 Å². The van der Waals surface area contributed by atoms with Crippen molar-refractivity contribution >= 4 is 5.97 Å². The quantitative estimate of drug-likeness (QED) is 0.537. The van der Waals surface area contributed by atoms with E-state index in [1.165, 1.54) is 17.7 Å². The summed E-state index contributed by atoms with van der Waals surface area (Å²) < 4.78 is 18.3. The molecule has 1 aliphatic carbocycles. The maximum Gasteiger partial charge on any atom is 0.338 e. The van der Waals surface area contributed by atoms with Crippen LogP contribution in [0.3, 0.4) is 0 Å². The predicted molar refractivity (Wildman–Crippen MR) is 91.0 cm³/mol. The fourth-order valence-corrected chi connectivity index (χ4v) is 3.13. The van der Waals surface area contributed by atoms with E-state index in [9.17, 15) is 9.18 Å². The number of carbonyl (C=O) groups is 1. The molecule has 1 aromatic carbocycles. The van der Waals surface area contributed by atoms with Crippen molar-refractivity contribution in [3.63, 3.8) is 0 Å². The molecule has 128 valence electrons. The fourth-order valence-electron chi connectivity index (χ4n) is 3.13. The summed E-state index contributed by atoms with van der Waals surface area (Å²) in [5, 5.41) is 8.37. The number of rotatable bonds is 6. The van der Waals surface area contributed by atoms with Crippen LogP contribution in [0.1, 0.15) is 61.4 Å². The van der Waals surface area contributed by atoms with Gasteiger partial charge in [-0.3, -0.25) is 0 Å². The summed E-state index contributed by atoms with van der Waals surface area (Å²) in [5.41, 5.74) is 1.81. The largest absolute Gasteiger partial charge is 0.459 e. The van der Waals surface area contributed by atoms with Gasteiger partial charge in [-0.05, 0) is 74.6 Å². The van der Waals surface area contributed by atoms with Gasteiger partial charge in [-0.25, -0.2) is 4.79 Å². The molecule has 0 radical (unpaired) electrons. The van der Waals surface area contributed by atoms with Gasteiger partial charge in [-0.15, -0.1) is 0 Å². The zero-order valence-electron chi connectivity index (χ0n) is 14.1. The molecule has 0 N–H and O–H groups in total. The third-order valence-electron chi connectivity index (χ3n) is 4.67. The Morgan fingerprint density at radius 2 is 1.96 bits per heavy atom. The van der Waals surface area contributed by atoms with E-state index in [1.54, 1.807) is 0 Å². The van der Waals surface area contributed by atoms with Crippen molar-refractivity contribution in [2.75, 3.05) is 0 Å². The molecule has 1 fully saturated rings. The van der Waals surface area contributed by atoms with Crippen LogP contribution in [0.4, 0.5) is 4.39 Å². The van der Waals surface area contributed by atoms with Gasteiger partial charge in [-0.1, -0.05) is 19.1 Å². The van der Waals surface area contributed by atoms with Crippen molar-refractivity contribution in [3.8, 4) is 6.07 Å². The first-order valence-electron chi connectivity index (χ1n) is 8.68. The average molecular weight is 329 g/mol. The SMILES string of the molecule is CCc1ccc(C(=O)OC2CCC(CC/C=C(\F)C#N)CC2)cc1. The Kier molecular flexibility index (Phi) is 6.99. The number of carbonyl (C=O) groups excluding carboxylic acids is 1. The number of nitriles is 1. The van der Waals surface area contributed by atoms with Gasteiger partial charge in [0.2, 0.25) is 0 Å². The number of benzene rings is 1. The molecule has 0 unspecified atom stereocenters. The number of ether oxygens (including phenoxy) is 1. The molecule has 0 amide bonds. The Bertz CT molecular complexity index is 608. The first kappa shape index (κ1) is 18.2. The minimum Gasteiger partial charge on any atom is -0.459 e. The molecule has 1 saturated carbocycles. The van der Waals surface area contributed by atoms with Crippen LogP contribution in [0, 0.1) is 17.2 Å². The zero-order chi connectivity index (χ0) is 17.4. The summed E-state index contributed by atoms with van der Waals surface area (Å²) in [6, 6.07) is 9.05. The smallest absolute Gasteiger partial charge is 0.338 e. The molecule has 0 atom stereocenters. The Hall–Kier alpha value is -2.15. The molecule has 0 saturated heterocycles. The molecule has 3 nitrogen and oxygen atoms in total. The highest BCUT2D eigenvalue weighted by Crippen LogP contribution is 2.30. The van der Waals surface area contributed by atoms with Crippen molar-refractivity contribution in [1.29, 1.82) is 5.26 Å². The second-order valence-electron chi connectivity index (χ2n) is 6.34. The lowest BCUT2D eigenvalue weighted by molar-refractivity contribution is 0.0162. The molecule has 1 aromatic rings. The van der Waals surface area contributed by atoms with Gasteiger partial charge in [0.25, 0.3) is 0 Å². The van der Waals surface area contributed by atoms with Gasteiger partial charge in [0.15, 0.2) is 5.83 Å². The van der Waals surface area contributed by atoms with E-state index in [0.717, 1.165) is 38.5 Å². The van der Waals surface area contributed by atoms with Crippen molar-refractivity contribution in [1.82, 2.24) is 0 Å². The molecule has 2 rings (SSSR count). The van der Waals surface area contributed by atoms with Crippen LogP contribution >= 0.6 is 0 Å². The minimum absolute atomic E-state index is 0.0222. The number of nitrogens with zero attached hydrogens (tertiary/aromatic N) is 1. The van der Waals surface area contributed by atoms with E-state index < -0.39 is 5.83 Å². The third-order valence-corrected chi connectivity index (χ3v) is 4.67. The van der Waals surface area contributed by atoms with Crippen LogP contribution in [0.15, 0.2) is 36.2 Å². The first-order chi connectivity index (χ1) is 11.6. The number of hydrogen-bond donors (Lipinski definition) is 0. The first-order valence-corrected chi connectivity index (χ1v) is 8.68. The molecule has 0 bridgehead atoms. The molecule has 1 aliphatic rings. The molecule has 0 aromatic heterocycles. The Labute approximate surface area is 143 Å². The Balaban J connectivity index is 1.74. The Morgan fingerprint density at radius 1 is 1.29 bits per heavy atom. The molecule has 0 aliphatic heterocycles. The minimum atomic E-state index is -0.702. The van der Waals surface area contributed by atoms with E-state index >= 15 is 0 Å². The van der Waals surface area contributed by atoms with Crippen LogP contribution in [0.25, 0.3) is 0 Å². The number of aryl methyl sites for hydroxylation is 1. The van der Waals surface area contributed by atoms with E-state index in [1.807, 2.05) is 24.3 Å². The van der Waals surface area contributed by atoms with Gasteiger partial charge < -0.3 is 4.74 Å². The topological polar surface area (TPSA) is 50.1 Å². The van der Waals surface area contributed by atoms with E-state index in [0.29, 0.717) is 17.9 Å². The van der Waals surface area contributed by atoms with Crippen molar-refractivity contribution in [2.24, 2.45) is 5.92 Å². The molecular weight excluding hydrogens is 305 g/mol. The second kappa shape index (κ2) is 9.22. The van der Waals surface area contributed by atoms with Gasteiger partial charge in [0.1, 0.15) is 12.2 Å². The summed E-state index contributed by atoms with van der Waals surface area (Å²) in [4.78, 5) is 12.2. The summed E-state index contributed by atoms with van der Waals surface area (Å²) in [7, 11) is 0. The lowest BCUT2D eigenvalue weighted by Gasteiger charge is -2.28. The highest BCUT2D eigenvalue weighted by atomic mass is 19.1. The summed E-state index contributed by atoms with van der Waals surface area (Å²) in [6.07, 6.45) is 7.43. The third kappa shape index (κ3) is 5.49. The number of allylic oxidation sites excluding steroid dienone is 2. The molecule has 24 heavy (non-hydrogen) atoms. The fraction of sp³-hybridized carbons (Fsp3) is 0.500. The lowest BCUT2D eigenvalue weighted by atomic mass is 9.84. The number of halogens is 1. The maximum absolute atomic E-state index is 12.7. The van der Waals surface area contributed by atoms with E-state index in [-0.39, 0.29) is 12.1 Å². The lowest BCUT2D eigenvalue weighted by Crippen LogP contribution is -2.24. The summed E-state index contributed by atoms with van der Waals surface area (Å²) in [5.74, 6) is -0.432. The highest BCUT2D eigenvalue weighted by Gasteiger charge is 2.24. The van der Waals surface area contributed by atoms with Gasteiger partial charge in [0, 0.05) is 0 Å². The molecule has 4 heteroatoms. The van der Waals surface area contributed by atoms with E-state index in [4.69, 9.17) is 10.00 Å². The second-order valence-corrected chi connectivity index (χ2v) is 6.34. The van der Waals surface area contributed by atoms with Crippen LogP contribution < -0.4 is 0 Å². The summed E-state index contributed by atoms with van der Waals surface area (Å²) in [6.45, 7) is 2.08. The molecular formula is C20H24FNO2. The van der Waals surface area contributed by atoms with Crippen molar-refractivity contribution in [3.05, 3.63) is 47.3 Å². The van der Waals surface area contributed by atoms with Crippen molar-refractivity contribution in [2.45, 2.75) is 58.0 Å².